The Kier molecular flexibility index (Phi) is 7.32. The largest absolute Gasteiger partial charge is 0.481 e. The van der Waals surface area contributed by atoms with Crippen LogP contribution in [0.15, 0.2) is 16.5 Å². The van der Waals surface area contributed by atoms with Crippen LogP contribution in [0.3, 0.4) is 0 Å². The topological polar surface area (TPSA) is 157 Å². The Morgan fingerprint density at radius 3 is 2.19 bits per heavy atom. The summed E-state index contributed by atoms with van der Waals surface area (Å²) < 4.78 is 5.15. The number of likely N-dealkylation sites (N-methyl/N-ethyl adjacent to an activating group) is 1. The number of aliphatic carboxylic acids is 2. The second kappa shape index (κ2) is 8.99. The Labute approximate surface area is 149 Å². The van der Waals surface area contributed by atoms with Crippen LogP contribution in [0.2, 0.25) is 0 Å². The van der Waals surface area contributed by atoms with Crippen molar-refractivity contribution in [3.05, 3.63) is 23.7 Å². The molecule has 1 amide bonds. The standard InChI is InChI=1S/C16H22N2O8/c1-8(2)13(14(21)17-10(15(22)23)6-12(19)20)18(3)7-9-4-5-11(26-9)16(24)25/h4-5,8,10,13H,6-7H2,1-3H3,(H,17,21)(H,19,20)(H,22,23)(H,24,25)/t10-,13-/m0/s1. The summed E-state index contributed by atoms with van der Waals surface area (Å²) in [6.07, 6.45) is -0.740. The molecule has 0 radical (unpaired) electrons. The molecule has 1 rings (SSSR count). The molecule has 0 aromatic carbocycles. The fourth-order valence-corrected chi connectivity index (χ4v) is 2.57. The van der Waals surface area contributed by atoms with Crippen LogP contribution in [0.1, 0.15) is 36.6 Å². The van der Waals surface area contributed by atoms with Gasteiger partial charge in [0.1, 0.15) is 11.8 Å². The molecule has 0 aliphatic carbocycles. The molecule has 10 nitrogen and oxygen atoms in total. The fraction of sp³-hybridized carbons (Fsp3) is 0.500. The maximum absolute atomic E-state index is 12.5. The Bertz CT molecular complexity index is 682. The first-order valence-corrected chi connectivity index (χ1v) is 7.80. The molecular weight excluding hydrogens is 348 g/mol. The van der Waals surface area contributed by atoms with Crippen molar-refractivity contribution in [2.24, 2.45) is 5.92 Å². The van der Waals surface area contributed by atoms with Crippen molar-refractivity contribution in [1.82, 2.24) is 10.2 Å². The lowest BCUT2D eigenvalue weighted by Crippen LogP contribution is -2.53. The molecule has 26 heavy (non-hydrogen) atoms. The van der Waals surface area contributed by atoms with E-state index in [0.29, 0.717) is 5.76 Å². The Hall–Kier alpha value is -2.88. The van der Waals surface area contributed by atoms with E-state index in [2.05, 4.69) is 5.32 Å². The molecule has 0 aliphatic rings. The zero-order chi connectivity index (χ0) is 20.0. The van der Waals surface area contributed by atoms with Crippen molar-refractivity contribution in [1.29, 1.82) is 0 Å². The van der Waals surface area contributed by atoms with Gasteiger partial charge >= 0.3 is 17.9 Å². The zero-order valence-corrected chi connectivity index (χ0v) is 14.6. The van der Waals surface area contributed by atoms with Crippen LogP contribution in [-0.4, -0.2) is 63.2 Å². The number of carbonyl (C=O) groups is 4. The van der Waals surface area contributed by atoms with Crippen LogP contribution in [-0.2, 0) is 20.9 Å². The number of carbonyl (C=O) groups excluding carboxylic acids is 1. The number of hydrogen-bond donors (Lipinski definition) is 4. The van der Waals surface area contributed by atoms with Crippen molar-refractivity contribution in [3.8, 4) is 0 Å². The highest BCUT2D eigenvalue weighted by atomic mass is 16.4. The van der Waals surface area contributed by atoms with E-state index >= 15 is 0 Å². The molecule has 0 fully saturated rings. The number of aromatic carboxylic acids is 1. The summed E-state index contributed by atoms with van der Waals surface area (Å²) in [7, 11) is 1.60. The minimum atomic E-state index is -1.54. The van der Waals surface area contributed by atoms with E-state index in [9.17, 15) is 19.2 Å². The van der Waals surface area contributed by atoms with Gasteiger partial charge in [0, 0.05) is 0 Å². The van der Waals surface area contributed by atoms with Gasteiger partial charge in [-0.05, 0) is 25.1 Å². The second-order valence-corrected chi connectivity index (χ2v) is 6.17. The van der Waals surface area contributed by atoms with Crippen LogP contribution < -0.4 is 5.32 Å². The van der Waals surface area contributed by atoms with Crippen LogP contribution in [0.25, 0.3) is 0 Å². The van der Waals surface area contributed by atoms with Crippen molar-refractivity contribution >= 4 is 23.8 Å². The molecule has 1 heterocycles. The first-order chi connectivity index (χ1) is 12.0. The molecule has 144 valence electrons. The molecule has 0 saturated heterocycles. The smallest absolute Gasteiger partial charge is 0.371 e. The number of nitrogens with one attached hydrogen (secondary N) is 1. The highest BCUT2D eigenvalue weighted by molar-refractivity contribution is 5.89. The molecule has 4 N–H and O–H groups in total. The maximum atomic E-state index is 12.5. The first-order valence-electron chi connectivity index (χ1n) is 7.80. The number of carboxylic acids is 3. The Morgan fingerprint density at radius 1 is 1.15 bits per heavy atom. The molecule has 1 aromatic rings. The van der Waals surface area contributed by atoms with E-state index in [0.717, 1.165) is 0 Å². The molecular formula is C16H22N2O8. The third kappa shape index (κ3) is 5.88. The fourth-order valence-electron chi connectivity index (χ4n) is 2.57. The average molecular weight is 370 g/mol. The third-order valence-electron chi connectivity index (χ3n) is 3.65. The van der Waals surface area contributed by atoms with Crippen LogP contribution in [0.4, 0.5) is 0 Å². The molecule has 0 aliphatic heterocycles. The summed E-state index contributed by atoms with van der Waals surface area (Å²) >= 11 is 0. The van der Waals surface area contributed by atoms with Gasteiger partial charge in [0.15, 0.2) is 0 Å². The Morgan fingerprint density at radius 2 is 1.77 bits per heavy atom. The van der Waals surface area contributed by atoms with Gasteiger partial charge in [-0.2, -0.15) is 0 Å². The van der Waals surface area contributed by atoms with Gasteiger partial charge in [-0.1, -0.05) is 13.8 Å². The van der Waals surface area contributed by atoms with Gasteiger partial charge in [-0.3, -0.25) is 14.5 Å². The summed E-state index contributed by atoms with van der Waals surface area (Å²) in [5.41, 5.74) is 0. The molecule has 0 unspecified atom stereocenters. The van der Waals surface area contributed by atoms with E-state index in [1.165, 1.54) is 12.1 Å². The van der Waals surface area contributed by atoms with Crippen LogP contribution in [0.5, 0.6) is 0 Å². The number of nitrogens with zero attached hydrogens (tertiary/aromatic N) is 1. The van der Waals surface area contributed by atoms with E-state index < -0.39 is 42.3 Å². The van der Waals surface area contributed by atoms with Gasteiger partial charge in [-0.15, -0.1) is 0 Å². The molecule has 1 aromatic heterocycles. The van der Waals surface area contributed by atoms with E-state index in [4.69, 9.17) is 19.7 Å². The van der Waals surface area contributed by atoms with Crippen LogP contribution >= 0.6 is 0 Å². The number of rotatable bonds is 10. The number of amides is 1. The third-order valence-corrected chi connectivity index (χ3v) is 3.65. The number of hydrogen-bond acceptors (Lipinski definition) is 6. The molecule has 10 heteroatoms. The van der Waals surface area contributed by atoms with Gasteiger partial charge in [-0.25, -0.2) is 9.59 Å². The lowest BCUT2D eigenvalue weighted by Gasteiger charge is -2.30. The van der Waals surface area contributed by atoms with Crippen molar-refractivity contribution in [2.75, 3.05) is 7.05 Å². The summed E-state index contributed by atoms with van der Waals surface area (Å²) in [5.74, 6) is -4.77. The van der Waals surface area contributed by atoms with Gasteiger partial charge < -0.3 is 25.1 Å². The van der Waals surface area contributed by atoms with E-state index in [-0.39, 0.29) is 18.2 Å². The van der Waals surface area contributed by atoms with Gasteiger partial charge in [0.25, 0.3) is 0 Å². The van der Waals surface area contributed by atoms with E-state index in [1.807, 2.05) is 0 Å². The quantitative estimate of drug-likeness (QED) is 0.459. The number of carboxylic acid groups (broad SMARTS) is 3. The lowest BCUT2D eigenvalue weighted by molar-refractivity contribution is -0.148. The minimum absolute atomic E-state index is 0.111. The lowest BCUT2D eigenvalue weighted by atomic mass is 10.0. The predicted octanol–water partition coefficient (Wildman–Crippen LogP) is 0.478. The first kappa shape index (κ1) is 21.2. The monoisotopic (exact) mass is 370 g/mol. The average Bonchev–Trinajstić information content (AvgIpc) is 2.94. The molecule has 0 saturated carbocycles. The highest BCUT2D eigenvalue weighted by Crippen LogP contribution is 2.16. The Balaban J connectivity index is 2.87. The van der Waals surface area contributed by atoms with Gasteiger partial charge in [0.2, 0.25) is 11.7 Å². The summed E-state index contributed by atoms with van der Waals surface area (Å²) in [5, 5.41) is 28.9. The normalized spacial score (nSPS) is 13.4. The van der Waals surface area contributed by atoms with Gasteiger partial charge in [0.05, 0.1) is 19.0 Å². The SMILES string of the molecule is CC(C)[C@@H](C(=O)N[C@@H](CC(=O)O)C(=O)O)N(C)Cc1ccc(C(=O)O)o1. The predicted molar refractivity (Wildman–Crippen MR) is 87.6 cm³/mol. The summed E-state index contributed by atoms with van der Waals surface area (Å²) in [4.78, 5) is 46.8. The van der Waals surface area contributed by atoms with Crippen molar-refractivity contribution in [2.45, 2.75) is 38.9 Å². The highest BCUT2D eigenvalue weighted by Gasteiger charge is 2.31. The summed E-state index contributed by atoms with van der Waals surface area (Å²) in [6.45, 7) is 3.61. The molecule has 0 spiro atoms. The van der Waals surface area contributed by atoms with Crippen molar-refractivity contribution in [3.63, 3.8) is 0 Å². The molecule has 2 atom stereocenters. The molecule has 0 bridgehead atoms. The zero-order valence-electron chi connectivity index (χ0n) is 14.6. The minimum Gasteiger partial charge on any atom is -0.481 e. The number of furan rings is 1. The van der Waals surface area contributed by atoms with E-state index in [1.54, 1.807) is 25.8 Å². The second-order valence-electron chi connectivity index (χ2n) is 6.17. The van der Waals surface area contributed by atoms with Crippen molar-refractivity contribution < 1.29 is 38.9 Å². The summed E-state index contributed by atoms with van der Waals surface area (Å²) in [6, 6.07) is 0.448. The maximum Gasteiger partial charge on any atom is 0.371 e. The van der Waals surface area contributed by atoms with Crippen LogP contribution in [0, 0.1) is 5.92 Å².